The maximum absolute atomic E-state index is 12.6. The molecule has 4 aliphatic rings. The standard InChI is InChI=1S/C14H19O7P.C13H17O7P/c1-2-16-11-3-5-12(6-4-11)21-22(15,19-9-13-7-17-13)20-10-14-8-18-14;1-15-10-2-4-11(5-3-10)20-21(14,18-8-12-6-16-12)19-9-13-7-17-13/h3-6,13-14H,2,7-10H2,1H3;2-5,12-13H,6-9H2,1H3. The minimum Gasteiger partial charge on any atom is -0.497 e. The third-order valence-corrected chi connectivity index (χ3v) is 8.64. The Bertz CT molecular complexity index is 1190. The quantitative estimate of drug-likeness (QED) is 0.156. The summed E-state index contributed by atoms with van der Waals surface area (Å²) in [7, 11) is -5.83. The van der Waals surface area contributed by atoms with Crippen molar-refractivity contribution in [2.24, 2.45) is 0 Å². The van der Waals surface area contributed by atoms with E-state index >= 15 is 0 Å². The minimum atomic E-state index is -3.70. The number of phosphoric acid groups is 2. The molecule has 0 radical (unpaired) electrons. The second-order valence-corrected chi connectivity index (χ2v) is 12.8. The molecular formula is C27H36O14P2. The molecule has 2 aromatic rings. The van der Waals surface area contributed by atoms with E-state index in [9.17, 15) is 9.13 Å². The summed E-state index contributed by atoms with van der Waals surface area (Å²) in [6, 6.07) is 13.5. The van der Waals surface area contributed by atoms with Gasteiger partial charge in [0.25, 0.3) is 0 Å². The van der Waals surface area contributed by atoms with E-state index in [1.165, 1.54) is 0 Å². The largest absolute Gasteiger partial charge is 0.530 e. The van der Waals surface area contributed by atoms with E-state index in [4.69, 9.17) is 55.6 Å². The van der Waals surface area contributed by atoms with Crippen LogP contribution in [0.4, 0.5) is 0 Å². The van der Waals surface area contributed by atoms with Crippen LogP contribution in [0.1, 0.15) is 6.92 Å². The van der Waals surface area contributed by atoms with E-state index in [0.29, 0.717) is 56.0 Å². The van der Waals surface area contributed by atoms with Gasteiger partial charge in [-0.15, -0.1) is 0 Å². The lowest BCUT2D eigenvalue weighted by molar-refractivity contribution is 0.136. The normalized spacial score (nSPS) is 25.6. The number of ether oxygens (including phenoxy) is 6. The second-order valence-electron chi connectivity index (χ2n) is 9.66. The van der Waals surface area contributed by atoms with Crippen molar-refractivity contribution in [1.29, 1.82) is 0 Å². The molecule has 0 N–H and O–H groups in total. The van der Waals surface area contributed by atoms with Gasteiger partial charge < -0.3 is 37.5 Å². The Morgan fingerprint density at radius 1 is 0.581 bits per heavy atom. The van der Waals surface area contributed by atoms with Crippen LogP contribution in [0, 0.1) is 0 Å². The van der Waals surface area contributed by atoms with Gasteiger partial charge in [-0.05, 0) is 55.5 Å². The van der Waals surface area contributed by atoms with Crippen LogP contribution in [-0.4, -0.2) is 91.0 Å². The van der Waals surface area contributed by atoms with Crippen molar-refractivity contribution in [3.8, 4) is 23.0 Å². The lowest BCUT2D eigenvalue weighted by Crippen LogP contribution is -2.09. The van der Waals surface area contributed by atoms with Gasteiger partial charge in [0.15, 0.2) is 0 Å². The molecule has 16 heteroatoms. The maximum Gasteiger partial charge on any atom is 0.530 e. The van der Waals surface area contributed by atoms with Gasteiger partial charge in [-0.3, -0.25) is 18.1 Å². The molecule has 238 valence electrons. The van der Waals surface area contributed by atoms with E-state index in [1.807, 2.05) is 6.92 Å². The summed E-state index contributed by atoms with van der Waals surface area (Å²) in [6.45, 7) is 5.62. The monoisotopic (exact) mass is 646 g/mol. The first kappa shape index (κ1) is 32.2. The number of methoxy groups -OCH3 is 1. The second kappa shape index (κ2) is 15.2. The molecule has 0 aromatic heterocycles. The molecule has 4 atom stereocenters. The van der Waals surface area contributed by atoms with Gasteiger partial charge >= 0.3 is 15.6 Å². The maximum atomic E-state index is 12.6. The van der Waals surface area contributed by atoms with Crippen LogP contribution >= 0.6 is 15.6 Å². The number of epoxide rings is 4. The Morgan fingerprint density at radius 3 is 1.16 bits per heavy atom. The van der Waals surface area contributed by atoms with Crippen molar-refractivity contribution in [3.05, 3.63) is 48.5 Å². The number of hydrogen-bond acceptors (Lipinski definition) is 14. The van der Waals surface area contributed by atoms with Gasteiger partial charge in [0, 0.05) is 0 Å². The van der Waals surface area contributed by atoms with Crippen molar-refractivity contribution in [3.63, 3.8) is 0 Å². The Hall–Kier alpha value is -2.22. The molecule has 0 spiro atoms. The predicted molar refractivity (Wildman–Crippen MR) is 150 cm³/mol. The Kier molecular flexibility index (Phi) is 11.4. The average Bonchev–Trinajstić information content (AvgIpc) is 3.85. The van der Waals surface area contributed by atoms with Crippen LogP contribution in [0.15, 0.2) is 48.5 Å². The summed E-state index contributed by atoms with van der Waals surface area (Å²) in [5, 5.41) is 0. The zero-order valence-corrected chi connectivity index (χ0v) is 25.7. The number of benzene rings is 2. The molecule has 43 heavy (non-hydrogen) atoms. The highest BCUT2D eigenvalue weighted by Gasteiger charge is 2.37. The average molecular weight is 647 g/mol. The zero-order valence-electron chi connectivity index (χ0n) is 23.9. The highest BCUT2D eigenvalue weighted by molar-refractivity contribution is 7.49. The van der Waals surface area contributed by atoms with Crippen molar-refractivity contribution < 1.29 is 64.7 Å². The summed E-state index contributed by atoms with van der Waals surface area (Å²) >= 11 is 0. The smallest absolute Gasteiger partial charge is 0.497 e. The third kappa shape index (κ3) is 12.0. The van der Waals surface area contributed by atoms with Gasteiger partial charge in [0.1, 0.15) is 47.4 Å². The topological polar surface area (TPSA) is 158 Å². The number of phosphoric ester groups is 2. The molecule has 4 saturated heterocycles. The molecule has 4 unspecified atom stereocenters. The minimum absolute atomic E-state index is 0.0291. The zero-order chi connectivity index (χ0) is 30.1. The summed E-state index contributed by atoms with van der Waals surface area (Å²) < 4.78 is 87.8. The molecule has 4 aliphatic heterocycles. The van der Waals surface area contributed by atoms with Crippen molar-refractivity contribution >= 4 is 15.6 Å². The molecule has 0 saturated carbocycles. The summed E-state index contributed by atoms with van der Waals surface area (Å²) in [5.41, 5.74) is 0. The Labute approximate surface area is 249 Å². The molecule has 4 fully saturated rings. The van der Waals surface area contributed by atoms with Crippen molar-refractivity contribution in [2.75, 3.05) is 66.6 Å². The van der Waals surface area contributed by atoms with Gasteiger partial charge in [-0.25, -0.2) is 9.13 Å². The van der Waals surface area contributed by atoms with Gasteiger partial charge in [-0.1, -0.05) is 0 Å². The van der Waals surface area contributed by atoms with Crippen molar-refractivity contribution in [2.45, 2.75) is 31.3 Å². The highest BCUT2D eigenvalue weighted by atomic mass is 31.2. The first-order chi connectivity index (χ1) is 20.8. The molecular weight excluding hydrogens is 610 g/mol. The van der Waals surface area contributed by atoms with Gasteiger partial charge in [-0.2, -0.15) is 0 Å². The first-order valence-corrected chi connectivity index (χ1v) is 16.8. The van der Waals surface area contributed by atoms with E-state index in [0.717, 1.165) is 0 Å². The highest BCUT2D eigenvalue weighted by Crippen LogP contribution is 2.51. The molecule has 0 bridgehead atoms. The number of rotatable bonds is 19. The third-order valence-electron chi connectivity index (χ3n) is 5.91. The predicted octanol–water partition coefficient (Wildman–Crippen LogP) is 4.42. The lowest BCUT2D eigenvalue weighted by atomic mass is 10.3. The summed E-state index contributed by atoms with van der Waals surface area (Å²) in [4.78, 5) is 0. The Balaban J connectivity index is 0.000000171. The summed E-state index contributed by atoms with van der Waals surface area (Å²) in [6.07, 6.45) is -0.117. The fraction of sp³-hybridized carbons (Fsp3) is 0.556. The molecule has 0 aliphatic carbocycles. The van der Waals surface area contributed by atoms with E-state index in [2.05, 4.69) is 0 Å². The SMILES string of the molecule is CCOc1ccc(OP(=O)(OCC2CO2)OCC2CO2)cc1.COc1ccc(OP(=O)(OCC2CO2)OCC2CO2)cc1. The van der Waals surface area contributed by atoms with Crippen LogP contribution in [-0.2, 0) is 46.2 Å². The van der Waals surface area contributed by atoms with Gasteiger partial charge in [0.05, 0.1) is 66.6 Å². The van der Waals surface area contributed by atoms with Crippen LogP contribution in [0.25, 0.3) is 0 Å². The van der Waals surface area contributed by atoms with Crippen LogP contribution in [0.3, 0.4) is 0 Å². The Morgan fingerprint density at radius 2 is 0.884 bits per heavy atom. The molecule has 2 aromatic carbocycles. The van der Waals surface area contributed by atoms with Gasteiger partial charge in [0.2, 0.25) is 0 Å². The van der Waals surface area contributed by atoms with E-state index in [1.54, 1.807) is 55.6 Å². The molecule has 0 amide bonds. The first-order valence-electron chi connectivity index (χ1n) is 13.8. The fourth-order valence-electron chi connectivity index (χ4n) is 3.19. The lowest BCUT2D eigenvalue weighted by Gasteiger charge is -2.18. The van der Waals surface area contributed by atoms with E-state index < -0.39 is 15.6 Å². The van der Waals surface area contributed by atoms with Crippen LogP contribution < -0.4 is 18.5 Å². The molecule has 4 heterocycles. The number of hydrogen-bond donors (Lipinski definition) is 0. The fourth-order valence-corrected chi connectivity index (χ4v) is 5.71. The van der Waals surface area contributed by atoms with E-state index in [-0.39, 0.29) is 50.8 Å². The van der Waals surface area contributed by atoms with Crippen LogP contribution in [0.5, 0.6) is 23.0 Å². The van der Waals surface area contributed by atoms with Crippen molar-refractivity contribution in [1.82, 2.24) is 0 Å². The molecule has 14 nitrogen and oxygen atoms in total. The molecule has 6 rings (SSSR count). The summed E-state index contributed by atoms with van der Waals surface area (Å²) in [5.74, 6) is 2.16. The van der Waals surface area contributed by atoms with Crippen LogP contribution in [0.2, 0.25) is 0 Å².